The molecular formula is C13H24N4O3. The lowest BCUT2D eigenvalue weighted by Crippen LogP contribution is -2.41. The lowest BCUT2D eigenvalue weighted by molar-refractivity contribution is 0.0870. The van der Waals surface area contributed by atoms with Gasteiger partial charge in [-0.1, -0.05) is 6.92 Å². The van der Waals surface area contributed by atoms with Crippen molar-refractivity contribution >= 4 is 11.5 Å². The normalized spacial score (nSPS) is 11.1. The summed E-state index contributed by atoms with van der Waals surface area (Å²) in [4.78, 5) is 24.0. The predicted octanol–water partition coefficient (Wildman–Crippen LogP) is 0.376. The summed E-state index contributed by atoms with van der Waals surface area (Å²) in [6.45, 7) is 7.23. The summed E-state index contributed by atoms with van der Waals surface area (Å²) in [5.41, 5.74) is 5.38. The molecule has 1 aromatic rings. The van der Waals surface area contributed by atoms with E-state index in [-0.39, 0.29) is 17.6 Å². The number of nitrogens with one attached hydrogen (secondary N) is 1. The number of hydrogen-bond donors (Lipinski definition) is 2. The van der Waals surface area contributed by atoms with Gasteiger partial charge in [0.15, 0.2) is 0 Å². The van der Waals surface area contributed by atoms with Crippen LogP contribution in [-0.2, 0) is 18.3 Å². The first-order valence-electron chi connectivity index (χ1n) is 6.84. The third kappa shape index (κ3) is 3.63. The second-order valence-corrected chi connectivity index (χ2v) is 4.90. The Labute approximate surface area is 118 Å². The minimum atomic E-state index is -0.413. The summed E-state index contributed by atoms with van der Waals surface area (Å²) in [5, 5.41) is 2.96. The molecule has 1 heterocycles. The Morgan fingerprint density at radius 2 is 2.00 bits per heavy atom. The van der Waals surface area contributed by atoms with Crippen LogP contribution < -0.4 is 22.3 Å². The van der Waals surface area contributed by atoms with Crippen molar-refractivity contribution in [3.63, 3.8) is 0 Å². The zero-order chi connectivity index (χ0) is 15.3. The van der Waals surface area contributed by atoms with Crippen molar-refractivity contribution in [2.45, 2.75) is 39.8 Å². The summed E-state index contributed by atoms with van der Waals surface area (Å²) in [7, 11) is 1.45. The fourth-order valence-corrected chi connectivity index (χ4v) is 1.86. The zero-order valence-electron chi connectivity index (χ0n) is 12.6. The highest BCUT2D eigenvalue weighted by molar-refractivity contribution is 5.60. The molecule has 0 aliphatic rings. The average molecular weight is 284 g/mol. The third-order valence-electron chi connectivity index (χ3n) is 2.89. The van der Waals surface area contributed by atoms with E-state index in [1.165, 1.54) is 11.6 Å². The van der Waals surface area contributed by atoms with Crippen molar-refractivity contribution in [1.29, 1.82) is 0 Å². The van der Waals surface area contributed by atoms with E-state index >= 15 is 0 Å². The van der Waals surface area contributed by atoms with Crippen molar-refractivity contribution in [3.8, 4) is 0 Å². The number of hydrogen-bond acceptors (Lipinski definition) is 5. The van der Waals surface area contributed by atoms with Gasteiger partial charge in [0.1, 0.15) is 11.5 Å². The minimum Gasteiger partial charge on any atom is -0.383 e. The summed E-state index contributed by atoms with van der Waals surface area (Å²) in [6, 6.07) is 0. The average Bonchev–Trinajstić information content (AvgIpc) is 2.40. The van der Waals surface area contributed by atoms with Crippen molar-refractivity contribution in [1.82, 2.24) is 9.13 Å². The maximum absolute atomic E-state index is 12.1. The second-order valence-electron chi connectivity index (χ2n) is 4.90. The number of ether oxygens (including phenoxy) is 1. The van der Waals surface area contributed by atoms with Crippen LogP contribution in [0.3, 0.4) is 0 Å². The summed E-state index contributed by atoms with van der Waals surface area (Å²) < 4.78 is 7.87. The molecule has 1 aromatic heterocycles. The van der Waals surface area contributed by atoms with Crippen LogP contribution >= 0.6 is 0 Å². The molecule has 0 radical (unpaired) electrons. The summed E-state index contributed by atoms with van der Waals surface area (Å²) in [6.07, 6.45) is 0.893. The summed E-state index contributed by atoms with van der Waals surface area (Å²) >= 11 is 0. The molecule has 0 fully saturated rings. The number of rotatable bonds is 7. The molecule has 114 valence electrons. The van der Waals surface area contributed by atoms with E-state index in [1.54, 1.807) is 0 Å². The molecule has 0 amide bonds. The first kappa shape index (κ1) is 16.3. The third-order valence-corrected chi connectivity index (χ3v) is 2.89. The molecule has 0 aliphatic heterocycles. The molecule has 0 spiro atoms. The first-order valence-corrected chi connectivity index (χ1v) is 6.84. The highest BCUT2D eigenvalue weighted by Crippen LogP contribution is 2.10. The second kappa shape index (κ2) is 7.14. The van der Waals surface area contributed by atoms with Gasteiger partial charge in [-0.2, -0.15) is 0 Å². The molecule has 0 bridgehead atoms. The Bertz CT molecular complexity index is 560. The molecule has 0 atom stereocenters. The van der Waals surface area contributed by atoms with Gasteiger partial charge in [-0.15, -0.1) is 0 Å². The first-order chi connectivity index (χ1) is 9.40. The van der Waals surface area contributed by atoms with Crippen LogP contribution in [0.1, 0.15) is 27.2 Å². The van der Waals surface area contributed by atoms with E-state index in [9.17, 15) is 9.59 Å². The van der Waals surface area contributed by atoms with Crippen molar-refractivity contribution in [2.75, 3.05) is 24.2 Å². The Balaban J connectivity index is 3.01. The molecule has 0 saturated carbocycles. The minimum absolute atomic E-state index is 0.131. The van der Waals surface area contributed by atoms with E-state index in [4.69, 9.17) is 10.5 Å². The molecule has 20 heavy (non-hydrogen) atoms. The molecule has 7 heteroatoms. The number of nitrogens with two attached hydrogens (primary N) is 1. The van der Waals surface area contributed by atoms with Crippen LogP contribution in [0.15, 0.2) is 9.59 Å². The van der Waals surface area contributed by atoms with E-state index < -0.39 is 11.2 Å². The fraction of sp³-hybridized carbons (Fsp3) is 0.692. The van der Waals surface area contributed by atoms with Gasteiger partial charge < -0.3 is 15.8 Å². The molecule has 3 N–H and O–H groups in total. The van der Waals surface area contributed by atoms with Gasteiger partial charge in [-0.25, -0.2) is 4.79 Å². The lowest BCUT2D eigenvalue weighted by atomic mass is 10.4. The van der Waals surface area contributed by atoms with Crippen molar-refractivity contribution < 1.29 is 4.74 Å². The van der Waals surface area contributed by atoms with Crippen LogP contribution in [0.5, 0.6) is 0 Å². The van der Waals surface area contributed by atoms with Gasteiger partial charge in [-0.05, 0) is 20.3 Å². The highest BCUT2D eigenvalue weighted by atomic mass is 16.5. The zero-order valence-corrected chi connectivity index (χ0v) is 12.6. The number of nitrogen functional groups attached to an aromatic ring is 1. The van der Waals surface area contributed by atoms with Crippen LogP contribution in [0.2, 0.25) is 0 Å². The molecule has 0 aromatic carbocycles. The Hall–Kier alpha value is -1.76. The van der Waals surface area contributed by atoms with Crippen LogP contribution in [0.4, 0.5) is 11.5 Å². The van der Waals surface area contributed by atoms with E-state index in [1.807, 2.05) is 20.8 Å². The molecule has 0 saturated heterocycles. The maximum atomic E-state index is 12.1. The van der Waals surface area contributed by atoms with E-state index in [0.717, 1.165) is 11.0 Å². The smallest absolute Gasteiger partial charge is 0.332 e. The van der Waals surface area contributed by atoms with E-state index in [0.29, 0.717) is 19.7 Å². The van der Waals surface area contributed by atoms with Gasteiger partial charge >= 0.3 is 5.69 Å². The fourth-order valence-electron chi connectivity index (χ4n) is 1.86. The Morgan fingerprint density at radius 3 is 2.55 bits per heavy atom. The highest BCUT2D eigenvalue weighted by Gasteiger charge is 2.14. The van der Waals surface area contributed by atoms with Gasteiger partial charge in [0.2, 0.25) is 0 Å². The molecule has 0 unspecified atom stereocenters. The van der Waals surface area contributed by atoms with Crippen LogP contribution in [0.25, 0.3) is 0 Å². The molecular weight excluding hydrogens is 260 g/mol. The SMILES string of the molecule is CCCn1c(N)c(NCCOC(C)C)c(=O)n(C)c1=O. The van der Waals surface area contributed by atoms with Gasteiger partial charge in [0.05, 0.1) is 12.7 Å². The predicted molar refractivity (Wildman–Crippen MR) is 80.2 cm³/mol. The monoisotopic (exact) mass is 284 g/mol. The number of nitrogens with zero attached hydrogens (tertiary/aromatic N) is 2. The van der Waals surface area contributed by atoms with Gasteiger partial charge in [0, 0.05) is 20.1 Å². The number of anilines is 2. The molecule has 1 rings (SSSR count). The molecule has 0 aliphatic carbocycles. The standard InChI is InChI=1S/C13H24N4O3/c1-5-7-17-11(14)10(12(18)16(4)13(17)19)15-6-8-20-9(2)3/h9,15H,5-8,14H2,1-4H3. The van der Waals surface area contributed by atoms with Crippen molar-refractivity contribution in [2.24, 2.45) is 7.05 Å². The Morgan fingerprint density at radius 1 is 1.35 bits per heavy atom. The molecule has 7 nitrogen and oxygen atoms in total. The van der Waals surface area contributed by atoms with Gasteiger partial charge in [-0.3, -0.25) is 13.9 Å². The largest absolute Gasteiger partial charge is 0.383 e. The summed E-state index contributed by atoms with van der Waals surface area (Å²) in [5.74, 6) is 0.185. The quantitative estimate of drug-likeness (QED) is 0.706. The van der Waals surface area contributed by atoms with E-state index in [2.05, 4.69) is 5.32 Å². The van der Waals surface area contributed by atoms with Crippen molar-refractivity contribution in [3.05, 3.63) is 20.8 Å². The number of aromatic nitrogens is 2. The van der Waals surface area contributed by atoms with Crippen LogP contribution in [-0.4, -0.2) is 28.4 Å². The Kier molecular flexibility index (Phi) is 5.82. The maximum Gasteiger partial charge on any atom is 0.332 e. The van der Waals surface area contributed by atoms with Crippen LogP contribution in [0, 0.1) is 0 Å². The topological polar surface area (TPSA) is 91.3 Å². The lowest BCUT2D eigenvalue weighted by Gasteiger charge is -2.16. The van der Waals surface area contributed by atoms with Gasteiger partial charge in [0.25, 0.3) is 5.56 Å².